The van der Waals surface area contributed by atoms with Gasteiger partial charge in [0.15, 0.2) is 0 Å². The van der Waals surface area contributed by atoms with Gasteiger partial charge in [-0.25, -0.2) is 0 Å². The summed E-state index contributed by atoms with van der Waals surface area (Å²) in [6, 6.07) is 9.77. The fourth-order valence-corrected chi connectivity index (χ4v) is 3.80. The Morgan fingerprint density at radius 2 is 1.86 bits per heavy atom. The molecule has 5 heteroatoms. The van der Waals surface area contributed by atoms with E-state index in [4.69, 9.17) is 13.9 Å². The number of aryl methyl sites for hydroxylation is 2. The molecule has 0 fully saturated rings. The van der Waals surface area contributed by atoms with Crippen molar-refractivity contribution in [2.24, 2.45) is 0 Å². The average Bonchev–Trinajstić information content (AvgIpc) is 3.29. The number of ether oxygens (including phenoxy) is 2. The second kappa shape index (κ2) is 7.97. The van der Waals surface area contributed by atoms with Gasteiger partial charge in [0.25, 0.3) is 0 Å². The molecule has 0 atom stereocenters. The van der Waals surface area contributed by atoms with Gasteiger partial charge in [-0.1, -0.05) is 0 Å². The molecule has 28 heavy (non-hydrogen) atoms. The average molecular weight is 379 g/mol. The second-order valence-electron chi connectivity index (χ2n) is 6.98. The first-order valence-corrected chi connectivity index (χ1v) is 9.89. The predicted octanol–water partition coefficient (Wildman–Crippen LogP) is 4.90. The molecular weight excluding hydrogens is 354 g/mol. The Labute approximate surface area is 164 Å². The topological polar surface area (TPSA) is 60.7 Å². The summed E-state index contributed by atoms with van der Waals surface area (Å²) in [5.41, 5.74) is 5.12. The highest BCUT2D eigenvalue weighted by Crippen LogP contribution is 2.32. The van der Waals surface area contributed by atoms with Gasteiger partial charge in [0.05, 0.1) is 31.6 Å². The van der Waals surface area contributed by atoms with Gasteiger partial charge >= 0.3 is 0 Å². The van der Waals surface area contributed by atoms with Crippen LogP contribution in [0.5, 0.6) is 11.5 Å². The molecule has 0 saturated heterocycles. The number of benzene rings is 2. The molecule has 146 valence electrons. The van der Waals surface area contributed by atoms with E-state index in [1.54, 1.807) is 12.3 Å². The van der Waals surface area contributed by atoms with Gasteiger partial charge in [-0.3, -0.25) is 4.79 Å². The summed E-state index contributed by atoms with van der Waals surface area (Å²) >= 11 is 0. The van der Waals surface area contributed by atoms with Crippen LogP contribution >= 0.6 is 0 Å². The van der Waals surface area contributed by atoms with Crippen molar-refractivity contribution in [3.05, 3.63) is 53.3 Å². The lowest BCUT2D eigenvalue weighted by molar-refractivity contribution is -0.115. The van der Waals surface area contributed by atoms with Crippen LogP contribution in [0.1, 0.15) is 37.0 Å². The van der Waals surface area contributed by atoms with Crippen molar-refractivity contribution in [1.82, 2.24) is 0 Å². The van der Waals surface area contributed by atoms with Crippen molar-refractivity contribution in [3.63, 3.8) is 0 Å². The van der Waals surface area contributed by atoms with Crippen molar-refractivity contribution in [3.8, 4) is 11.5 Å². The number of hydrogen-bond acceptors (Lipinski definition) is 4. The molecule has 4 rings (SSSR count). The van der Waals surface area contributed by atoms with Gasteiger partial charge in [0.1, 0.15) is 17.1 Å². The van der Waals surface area contributed by atoms with E-state index in [1.807, 2.05) is 26.0 Å². The molecular formula is C23H25NO4. The third-order valence-corrected chi connectivity index (χ3v) is 5.06. The molecule has 1 heterocycles. The third kappa shape index (κ3) is 3.70. The molecule has 0 aliphatic heterocycles. The van der Waals surface area contributed by atoms with Crippen molar-refractivity contribution in [2.75, 3.05) is 18.5 Å². The zero-order valence-electron chi connectivity index (χ0n) is 16.3. The van der Waals surface area contributed by atoms with Crippen molar-refractivity contribution < 1.29 is 18.7 Å². The highest BCUT2D eigenvalue weighted by molar-refractivity contribution is 5.96. The summed E-state index contributed by atoms with van der Waals surface area (Å²) < 4.78 is 16.9. The van der Waals surface area contributed by atoms with E-state index in [0.717, 1.165) is 29.4 Å². The molecule has 0 saturated carbocycles. The number of carbonyl (C=O) groups is 1. The molecule has 0 radical (unpaired) electrons. The Balaban J connectivity index is 1.54. The fourth-order valence-electron chi connectivity index (χ4n) is 3.80. The number of furan rings is 1. The van der Waals surface area contributed by atoms with Crippen LogP contribution in [0, 0.1) is 0 Å². The largest absolute Gasteiger partial charge is 0.494 e. The molecule has 1 amide bonds. The molecule has 0 bridgehead atoms. The summed E-state index contributed by atoms with van der Waals surface area (Å²) in [6.07, 6.45) is 5.34. The van der Waals surface area contributed by atoms with E-state index in [2.05, 4.69) is 17.4 Å². The standard InChI is InChI=1S/C23H25NO4/c1-3-26-18-8-9-21(27-4-2)20(13-18)24-23(25)12-17-14-28-22-11-16-7-5-6-15(16)10-19(17)22/h8-11,13-14H,3-7,12H2,1-2H3,(H,24,25). The molecule has 0 spiro atoms. The Hall–Kier alpha value is -2.95. The van der Waals surface area contributed by atoms with Gasteiger partial charge in [0, 0.05) is 17.0 Å². The molecule has 1 N–H and O–H groups in total. The first-order valence-electron chi connectivity index (χ1n) is 9.89. The van der Waals surface area contributed by atoms with Crippen LogP contribution < -0.4 is 14.8 Å². The minimum atomic E-state index is -0.113. The lowest BCUT2D eigenvalue weighted by Crippen LogP contribution is -2.15. The van der Waals surface area contributed by atoms with Gasteiger partial charge in [-0.15, -0.1) is 0 Å². The van der Waals surface area contributed by atoms with Gasteiger partial charge in [-0.05, 0) is 68.5 Å². The molecule has 5 nitrogen and oxygen atoms in total. The zero-order chi connectivity index (χ0) is 19.5. The van der Waals surface area contributed by atoms with E-state index in [0.29, 0.717) is 30.4 Å². The maximum atomic E-state index is 12.7. The lowest BCUT2D eigenvalue weighted by atomic mass is 10.0. The SMILES string of the molecule is CCOc1ccc(OCC)c(NC(=O)Cc2coc3cc4c(cc23)CCC4)c1. The van der Waals surface area contributed by atoms with Crippen LogP contribution in [0.2, 0.25) is 0 Å². The van der Waals surface area contributed by atoms with Crippen molar-refractivity contribution >= 4 is 22.6 Å². The fraction of sp³-hybridized carbons (Fsp3) is 0.348. The number of fused-ring (bicyclic) bond motifs is 2. The summed E-state index contributed by atoms with van der Waals surface area (Å²) in [6.45, 7) is 4.93. The maximum absolute atomic E-state index is 12.7. The van der Waals surface area contributed by atoms with Crippen LogP contribution in [0.25, 0.3) is 11.0 Å². The Kier molecular flexibility index (Phi) is 5.24. The quantitative estimate of drug-likeness (QED) is 0.634. The van der Waals surface area contributed by atoms with E-state index in [9.17, 15) is 4.79 Å². The summed E-state index contributed by atoms with van der Waals surface area (Å²) in [7, 11) is 0. The lowest BCUT2D eigenvalue weighted by Gasteiger charge is -2.13. The Bertz CT molecular complexity index is 1010. The molecule has 3 aromatic rings. The van der Waals surface area contributed by atoms with Crippen molar-refractivity contribution in [1.29, 1.82) is 0 Å². The van der Waals surface area contributed by atoms with E-state index in [-0.39, 0.29) is 12.3 Å². The number of nitrogens with one attached hydrogen (secondary N) is 1. The Morgan fingerprint density at radius 1 is 1.07 bits per heavy atom. The van der Waals surface area contributed by atoms with E-state index in [1.165, 1.54) is 17.5 Å². The Morgan fingerprint density at radius 3 is 2.64 bits per heavy atom. The molecule has 1 aliphatic rings. The minimum Gasteiger partial charge on any atom is -0.494 e. The molecule has 2 aromatic carbocycles. The monoisotopic (exact) mass is 379 g/mol. The number of rotatable bonds is 7. The highest BCUT2D eigenvalue weighted by Gasteiger charge is 2.17. The van der Waals surface area contributed by atoms with Crippen LogP contribution in [0.4, 0.5) is 5.69 Å². The second-order valence-corrected chi connectivity index (χ2v) is 6.98. The minimum absolute atomic E-state index is 0.113. The third-order valence-electron chi connectivity index (χ3n) is 5.06. The maximum Gasteiger partial charge on any atom is 0.229 e. The first-order chi connectivity index (χ1) is 13.7. The number of hydrogen-bond donors (Lipinski definition) is 1. The van der Waals surface area contributed by atoms with Gasteiger partial charge < -0.3 is 19.2 Å². The zero-order valence-corrected chi connectivity index (χ0v) is 16.3. The predicted molar refractivity (Wildman–Crippen MR) is 109 cm³/mol. The van der Waals surface area contributed by atoms with Crippen LogP contribution in [0.3, 0.4) is 0 Å². The number of anilines is 1. The van der Waals surface area contributed by atoms with Gasteiger partial charge in [0.2, 0.25) is 5.91 Å². The number of carbonyl (C=O) groups excluding carboxylic acids is 1. The summed E-state index contributed by atoms with van der Waals surface area (Å²) in [5, 5.41) is 4.00. The smallest absolute Gasteiger partial charge is 0.229 e. The highest BCUT2D eigenvalue weighted by atomic mass is 16.5. The molecule has 0 unspecified atom stereocenters. The molecule has 1 aliphatic carbocycles. The normalized spacial score (nSPS) is 12.8. The van der Waals surface area contributed by atoms with Crippen LogP contribution in [-0.4, -0.2) is 19.1 Å². The molecule has 1 aromatic heterocycles. The van der Waals surface area contributed by atoms with E-state index < -0.39 is 0 Å². The summed E-state index contributed by atoms with van der Waals surface area (Å²) in [5.74, 6) is 1.22. The number of amides is 1. The van der Waals surface area contributed by atoms with E-state index >= 15 is 0 Å². The van der Waals surface area contributed by atoms with Crippen LogP contribution in [-0.2, 0) is 24.1 Å². The first kappa shape index (κ1) is 18.4. The van der Waals surface area contributed by atoms with Crippen molar-refractivity contribution in [2.45, 2.75) is 39.5 Å². The summed E-state index contributed by atoms with van der Waals surface area (Å²) in [4.78, 5) is 12.7. The van der Waals surface area contributed by atoms with Crippen LogP contribution in [0.15, 0.2) is 41.0 Å². The van der Waals surface area contributed by atoms with Gasteiger partial charge in [-0.2, -0.15) is 0 Å².